The van der Waals surface area contributed by atoms with Crippen LogP contribution in [0.5, 0.6) is 5.75 Å². The molecule has 6 heteroatoms. The zero-order chi connectivity index (χ0) is 21.1. The first kappa shape index (κ1) is 19.9. The lowest BCUT2D eigenvalue weighted by Gasteiger charge is -2.48. The van der Waals surface area contributed by atoms with Crippen LogP contribution < -0.4 is 0 Å². The molecular formula is C23H26O6. The largest absolute Gasteiger partial charge is 0.508 e. The van der Waals surface area contributed by atoms with Crippen molar-refractivity contribution < 1.29 is 29.6 Å². The van der Waals surface area contributed by atoms with Crippen LogP contribution >= 0.6 is 0 Å². The Morgan fingerprint density at radius 2 is 1.97 bits per heavy atom. The first-order valence-electron chi connectivity index (χ1n) is 9.92. The lowest BCUT2D eigenvalue weighted by molar-refractivity contribution is -0.168. The third-order valence-corrected chi connectivity index (χ3v) is 7.18. The van der Waals surface area contributed by atoms with E-state index in [1.165, 1.54) is 6.92 Å². The molecule has 2 aliphatic rings. The van der Waals surface area contributed by atoms with Gasteiger partial charge in [-0.3, -0.25) is 9.59 Å². The summed E-state index contributed by atoms with van der Waals surface area (Å²) in [6.45, 7) is 4.43. The maximum absolute atomic E-state index is 13.0. The van der Waals surface area contributed by atoms with Gasteiger partial charge in [-0.15, -0.1) is 0 Å². The standard InChI is InChI=1S/C23H26O6/c1-12-8-18-17-6-4-14-9-15(25)5-7-16(14)21(17)19(26)10-22(18,3)23(12,28)20(27)11-29-13(2)24/h4-7,9,12,18-19,25-26,28H,8,10-11H2,1-3H3/t12-,18-,19-,22-,23-/m0/s1. The van der Waals surface area contributed by atoms with Gasteiger partial charge in [0.25, 0.3) is 0 Å². The van der Waals surface area contributed by atoms with E-state index in [1.807, 2.05) is 26.0 Å². The van der Waals surface area contributed by atoms with Crippen molar-refractivity contribution in [3.05, 3.63) is 41.5 Å². The van der Waals surface area contributed by atoms with Gasteiger partial charge in [0.2, 0.25) is 5.78 Å². The number of rotatable bonds is 3. The van der Waals surface area contributed by atoms with E-state index < -0.39 is 35.5 Å². The molecule has 2 aromatic rings. The first-order chi connectivity index (χ1) is 13.6. The number of Topliss-reactive ketones (excluding diaryl/α,β-unsaturated/α-hetero) is 1. The van der Waals surface area contributed by atoms with Crippen LogP contribution in [0.2, 0.25) is 0 Å². The van der Waals surface area contributed by atoms with Gasteiger partial charge in [-0.25, -0.2) is 0 Å². The van der Waals surface area contributed by atoms with Crippen LogP contribution in [0.3, 0.4) is 0 Å². The number of ether oxygens (including phenoxy) is 1. The van der Waals surface area contributed by atoms with Crippen molar-refractivity contribution >= 4 is 22.5 Å². The van der Waals surface area contributed by atoms with Gasteiger partial charge < -0.3 is 20.1 Å². The molecule has 0 amide bonds. The number of aliphatic hydroxyl groups excluding tert-OH is 1. The van der Waals surface area contributed by atoms with Gasteiger partial charge in [0.1, 0.15) is 11.4 Å². The second-order valence-electron chi connectivity index (χ2n) is 8.77. The molecule has 154 valence electrons. The summed E-state index contributed by atoms with van der Waals surface area (Å²) in [6.07, 6.45) is -0.0581. The van der Waals surface area contributed by atoms with Gasteiger partial charge in [0.15, 0.2) is 6.61 Å². The van der Waals surface area contributed by atoms with Gasteiger partial charge in [0, 0.05) is 12.3 Å². The van der Waals surface area contributed by atoms with E-state index in [0.717, 1.165) is 21.9 Å². The third kappa shape index (κ3) is 2.69. The highest BCUT2D eigenvalue weighted by molar-refractivity contribution is 5.92. The Kier molecular flexibility index (Phi) is 4.48. The molecule has 1 fully saturated rings. The normalized spacial score (nSPS) is 33.2. The van der Waals surface area contributed by atoms with Crippen molar-refractivity contribution in [3.8, 4) is 5.75 Å². The Bertz CT molecular complexity index is 1010. The van der Waals surface area contributed by atoms with E-state index >= 15 is 0 Å². The van der Waals surface area contributed by atoms with Crippen molar-refractivity contribution in [2.45, 2.75) is 51.2 Å². The van der Waals surface area contributed by atoms with Crippen LogP contribution in [0.15, 0.2) is 30.3 Å². The van der Waals surface area contributed by atoms with E-state index in [0.29, 0.717) is 6.42 Å². The zero-order valence-corrected chi connectivity index (χ0v) is 16.8. The SMILES string of the molecule is CC(=O)OCC(=O)[C@@]1(O)[C@@H](C)C[C@H]2c3ccc4cc(O)ccc4c3[C@@H](O)C[C@@]21C. The average Bonchev–Trinajstić information content (AvgIpc) is 2.86. The maximum Gasteiger partial charge on any atom is 0.303 e. The second kappa shape index (κ2) is 6.54. The number of hydrogen-bond acceptors (Lipinski definition) is 6. The fourth-order valence-corrected chi connectivity index (χ4v) is 5.79. The van der Waals surface area contributed by atoms with Crippen LogP contribution in [-0.2, 0) is 14.3 Å². The topological polar surface area (TPSA) is 104 Å². The van der Waals surface area contributed by atoms with Gasteiger partial charge in [0.05, 0.1) is 6.10 Å². The summed E-state index contributed by atoms with van der Waals surface area (Å²) in [5.74, 6) is -1.41. The fraction of sp³-hybridized carbons (Fsp3) is 0.478. The molecule has 1 saturated carbocycles. The molecule has 29 heavy (non-hydrogen) atoms. The van der Waals surface area contributed by atoms with Crippen molar-refractivity contribution in [2.24, 2.45) is 11.3 Å². The molecule has 0 heterocycles. The molecule has 0 radical (unpaired) electrons. The summed E-state index contributed by atoms with van der Waals surface area (Å²) in [5, 5.41) is 34.2. The zero-order valence-electron chi connectivity index (χ0n) is 16.8. The number of phenols is 1. The number of phenolic OH excluding ortho intramolecular Hbond substituents is 1. The molecule has 0 bridgehead atoms. The van der Waals surface area contributed by atoms with E-state index in [-0.39, 0.29) is 24.0 Å². The summed E-state index contributed by atoms with van der Waals surface area (Å²) in [4.78, 5) is 24.1. The smallest absolute Gasteiger partial charge is 0.303 e. The van der Waals surface area contributed by atoms with Gasteiger partial charge in [-0.2, -0.15) is 0 Å². The van der Waals surface area contributed by atoms with Gasteiger partial charge in [-0.05, 0) is 58.7 Å². The first-order valence-corrected chi connectivity index (χ1v) is 9.92. The molecule has 0 unspecified atom stereocenters. The molecule has 3 N–H and O–H groups in total. The molecule has 2 aromatic carbocycles. The molecule has 6 nitrogen and oxygen atoms in total. The number of carbonyl (C=O) groups excluding carboxylic acids is 2. The summed E-state index contributed by atoms with van der Waals surface area (Å²) in [7, 11) is 0. The summed E-state index contributed by atoms with van der Waals surface area (Å²) in [5.41, 5.74) is -0.863. The summed E-state index contributed by atoms with van der Waals surface area (Å²) >= 11 is 0. The second-order valence-corrected chi connectivity index (χ2v) is 8.77. The van der Waals surface area contributed by atoms with Gasteiger partial charge >= 0.3 is 5.97 Å². The van der Waals surface area contributed by atoms with E-state index in [1.54, 1.807) is 18.2 Å². The Hall–Kier alpha value is -2.44. The Morgan fingerprint density at radius 3 is 2.66 bits per heavy atom. The van der Waals surface area contributed by atoms with Crippen molar-refractivity contribution in [2.75, 3.05) is 6.61 Å². The van der Waals surface area contributed by atoms with Crippen LogP contribution in [0.25, 0.3) is 10.8 Å². The van der Waals surface area contributed by atoms with Crippen molar-refractivity contribution in [1.82, 2.24) is 0 Å². The van der Waals surface area contributed by atoms with E-state index in [9.17, 15) is 24.9 Å². The molecule has 0 aliphatic heterocycles. The number of aliphatic hydroxyl groups is 2. The molecule has 0 spiro atoms. The lowest BCUT2D eigenvalue weighted by Crippen LogP contribution is -2.56. The van der Waals surface area contributed by atoms with Crippen molar-refractivity contribution in [3.63, 3.8) is 0 Å². The van der Waals surface area contributed by atoms with E-state index in [4.69, 9.17) is 4.74 Å². The maximum atomic E-state index is 13.0. The predicted molar refractivity (Wildman–Crippen MR) is 106 cm³/mol. The quantitative estimate of drug-likeness (QED) is 0.687. The third-order valence-electron chi connectivity index (χ3n) is 7.18. The number of esters is 1. The number of benzene rings is 2. The fourth-order valence-electron chi connectivity index (χ4n) is 5.79. The average molecular weight is 398 g/mol. The Labute approximate surface area is 169 Å². The number of hydrogen-bond donors (Lipinski definition) is 3. The Morgan fingerprint density at radius 1 is 1.24 bits per heavy atom. The van der Waals surface area contributed by atoms with Crippen LogP contribution in [0.4, 0.5) is 0 Å². The van der Waals surface area contributed by atoms with Crippen LogP contribution in [0.1, 0.15) is 56.8 Å². The molecule has 5 atom stereocenters. The molecular weight excluding hydrogens is 372 g/mol. The van der Waals surface area contributed by atoms with Crippen LogP contribution in [0, 0.1) is 11.3 Å². The minimum Gasteiger partial charge on any atom is -0.508 e. The molecule has 4 rings (SSSR count). The summed E-state index contributed by atoms with van der Waals surface area (Å²) < 4.78 is 4.88. The minimum absolute atomic E-state index is 0.125. The lowest BCUT2D eigenvalue weighted by atomic mass is 9.59. The van der Waals surface area contributed by atoms with E-state index in [2.05, 4.69) is 0 Å². The highest BCUT2D eigenvalue weighted by Crippen LogP contribution is 2.65. The van der Waals surface area contributed by atoms with Crippen LogP contribution in [-0.4, -0.2) is 39.3 Å². The minimum atomic E-state index is -1.70. The van der Waals surface area contributed by atoms with Gasteiger partial charge in [-0.1, -0.05) is 32.0 Å². The number of aromatic hydroxyl groups is 1. The number of carbonyl (C=O) groups is 2. The summed E-state index contributed by atoms with van der Waals surface area (Å²) in [6, 6.07) is 8.88. The number of fused-ring (bicyclic) bond motifs is 5. The van der Waals surface area contributed by atoms with Crippen molar-refractivity contribution in [1.29, 1.82) is 0 Å². The predicted octanol–water partition coefficient (Wildman–Crippen LogP) is 2.98. The number of ketones is 1. The highest BCUT2D eigenvalue weighted by Gasteiger charge is 2.66. The monoisotopic (exact) mass is 398 g/mol. The molecule has 2 aliphatic carbocycles. The Balaban J connectivity index is 1.83. The molecule has 0 saturated heterocycles. The molecule has 0 aromatic heterocycles. The highest BCUT2D eigenvalue weighted by atomic mass is 16.5.